The summed E-state index contributed by atoms with van der Waals surface area (Å²) in [6.07, 6.45) is 8.68. The van der Waals surface area contributed by atoms with Gasteiger partial charge in [0.05, 0.1) is 5.69 Å². The molecular weight excluding hydrogens is 214 g/mol. The second-order valence-corrected chi connectivity index (χ2v) is 5.30. The van der Waals surface area contributed by atoms with Crippen LogP contribution in [-0.2, 0) is 6.54 Å². The lowest BCUT2D eigenvalue weighted by Gasteiger charge is -2.34. The van der Waals surface area contributed by atoms with E-state index in [-0.39, 0.29) is 0 Å². The number of nitrogens with zero attached hydrogens (tertiary/aromatic N) is 2. The summed E-state index contributed by atoms with van der Waals surface area (Å²) in [5.41, 5.74) is 1.06. The zero-order valence-electron chi connectivity index (χ0n) is 10.3. The summed E-state index contributed by atoms with van der Waals surface area (Å²) >= 11 is 0. The number of piperidine rings is 1. The van der Waals surface area contributed by atoms with Gasteiger partial charge in [-0.3, -0.25) is 4.90 Å². The highest BCUT2D eigenvalue weighted by atomic mass is 16.3. The Kier molecular flexibility index (Phi) is 3.43. The molecule has 0 aliphatic carbocycles. The Hall–Kier alpha value is -0.870. The van der Waals surface area contributed by atoms with Crippen LogP contribution in [-0.4, -0.2) is 35.6 Å². The lowest BCUT2D eigenvalue weighted by molar-refractivity contribution is 0.156. The van der Waals surface area contributed by atoms with Crippen molar-refractivity contribution in [3.05, 3.63) is 18.4 Å². The minimum Gasteiger partial charge on any atom is -0.451 e. The summed E-state index contributed by atoms with van der Waals surface area (Å²) in [6, 6.07) is 0.796. The first-order valence-electron chi connectivity index (χ1n) is 6.74. The molecule has 17 heavy (non-hydrogen) atoms. The van der Waals surface area contributed by atoms with Crippen LogP contribution < -0.4 is 5.32 Å². The Balaban J connectivity index is 1.47. The van der Waals surface area contributed by atoms with Crippen molar-refractivity contribution in [1.29, 1.82) is 0 Å². The molecule has 94 valence electrons. The van der Waals surface area contributed by atoms with Crippen LogP contribution in [0, 0.1) is 5.92 Å². The zero-order chi connectivity index (χ0) is 11.5. The van der Waals surface area contributed by atoms with Gasteiger partial charge in [-0.15, -0.1) is 0 Å². The molecule has 0 aromatic carbocycles. The van der Waals surface area contributed by atoms with E-state index < -0.39 is 0 Å². The lowest BCUT2D eigenvalue weighted by atomic mass is 9.88. The minimum atomic E-state index is 0.796. The van der Waals surface area contributed by atoms with Gasteiger partial charge in [-0.05, 0) is 51.2 Å². The average molecular weight is 235 g/mol. The molecule has 2 aliphatic rings. The Morgan fingerprint density at radius 3 is 2.88 bits per heavy atom. The van der Waals surface area contributed by atoms with Gasteiger partial charge in [0.1, 0.15) is 6.26 Å². The third-order valence-corrected chi connectivity index (χ3v) is 4.17. The summed E-state index contributed by atoms with van der Waals surface area (Å²) in [6.45, 7) is 4.58. The number of hydrogen-bond acceptors (Lipinski definition) is 4. The maximum absolute atomic E-state index is 5.01. The third-order valence-electron chi connectivity index (χ3n) is 4.17. The molecule has 4 heteroatoms. The van der Waals surface area contributed by atoms with Crippen LogP contribution >= 0.6 is 0 Å². The molecule has 1 aromatic rings. The number of likely N-dealkylation sites (tertiary alicyclic amines) is 1. The number of nitrogens with one attached hydrogen (secondary N) is 1. The summed E-state index contributed by atoms with van der Waals surface area (Å²) in [5.74, 6) is 0.894. The van der Waals surface area contributed by atoms with Crippen molar-refractivity contribution in [2.75, 3.05) is 19.6 Å². The largest absolute Gasteiger partial charge is 0.451 e. The van der Waals surface area contributed by atoms with Gasteiger partial charge in [-0.1, -0.05) is 0 Å². The smallest absolute Gasteiger partial charge is 0.180 e. The summed E-state index contributed by atoms with van der Waals surface area (Å²) in [5, 5.41) is 3.64. The first-order valence-corrected chi connectivity index (χ1v) is 6.74. The van der Waals surface area contributed by atoms with Gasteiger partial charge in [-0.25, -0.2) is 4.98 Å². The molecular formula is C13H21N3O. The first kappa shape index (κ1) is 11.2. The number of hydrogen-bond donors (Lipinski definition) is 1. The van der Waals surface area contributed by atoms with Crippen LogP contribution in [0.3, 0.4) is 0 Å². The zero-order valence-corrected chi connectivity index (χ0v) is 10.3. The molecule has 2 aliphatic heterocycles. The quantitative estimate of drug-likeness (QED) is 0.864. The second kappa shape index (κ2) is 5.19. The fourth-order valence-electron chi connectivity index (χ4n) is 3.17. The van der Waals surface area contributed by atoms with E-state index in [0.717, 1.165) is 24.2 Å². The molecule has 2 fully saturated rings. The minimum absolute atomic E-state index is 0.796. The Labute approximate surface area is 102 Å². The maximum Gasteiger partial charge on any atom is 0.180 e. The monoisotopic (exact) mass is 235 g/mol. The highest BCUT2D eigenvalue weighted by Gasteiger charge is 2.28. The molecule has 3 rings (SSSR count). The van der Waals surface area contributed by atoms with Crippen LogP contribution in [0.1, 0.15) is 31.4 Å². The Morgan fingerprint density at radius 1 is 1.35 bits per heavy atom. The summed E-state index contributed by atoms with van der Waals surface area (Å²) < 4.78 is 5.01. The molecule has 1 unspecified atom stereocenters. The molecule has 1 N–H and O–H groups in total. The topological polar surface area (TPSA) is 41.3 Å². The molecule has 0 radical (unpaired) electrons. The van der Waals surface area contributed by atoms with Crippen molar-refractivity contribution in [3.63, 3.8) is 0 Å². The Bertz CT molecular complexity index is 324. The van der Waals surface area contributed by atoms with Crippen molar-refractivity contribution in [1.82, 2.24) is 15.2 Å². The van der Waals surface area contributed by atoms with Crippen molar-refractivity contribution in [2.24, 2.45) is 5.92 Å². The molecule has 3 heterocycles. The fraction of sp³-hybridized carbons (Fsp3) is 0.769. The van der Waals surface area contributed by atoms with Crippen molar-refractivity contribution >= 4 is 0 Å². The van der Waals surface area contributed by atoms with E-state index in [1.54, 1.807) is 6.26 Å². The predicted molar refractivity (Wildman–Crippen MR) is 65.5 cm³/mol. The standard InChI is InChI=1S/C13H21N3O/c1-2-13(14-5-1)11-3-6-16(7-4-11)8-12-9-17-10-15-12/h9-11,13-14H,1-8H2. The molecule has 1 atom stereocenters. The van der Waals surface area contributed by atoms with Crippen molar-refractivity contribution in [3.8, 4) is 0 Å². The normalized spacial score (nSPS) is 27.6. The Morgan fingerprint density at radius 2 is 2.24 bits per heavy atom. The number of rotatable bonds is 3. The van der Waals surface area contributed by atoms with E-state index in [0.29, 0.717) is 0 Å². The van der Waals surface area contributed by atoms with E-state index in [1.165, 1.54) is 51.7 Å². The van der Waals surface area contributed by atoms with E-state index in [9.17, 15) is 0 Å². The highest BCUT2D eigenvalue weighted by molar-refractivity contribution is 4.92. The molecule has 4 nitrogen and oxygen atoms in total. The molecule has 0 spiro atoms. The molecule has 0 saturated carbocycles. The third kappa shape index (κ3) is 2.69. The van der Waals surface area contributed by atoms with Gasteiger partial charge in [0.2, 0.25) is 0 Å². The molecule has 2 saturated heterocycles. The van der Waals surface area contributed by atoms with Crippen LogP contribution in [0.2, 0.25) is 0 Å². The highest BCUT2D eigenvalue weighted by Crippen LogP contribution is 2.26. The SMILES string of the molecule is c1nc(CN2CCC(C3CCCN3)CC2)co1. The molecule has 0 amide bonds. The lowest BCUT2D eigenvalue weighted by Crippen LogP contribution is -2.40. The van der Waals surface area contributed by atoms with Crippen molar-refractivity contribution < 1.29 is 4.42 Å². The van der Waals surface area contributed by atoms with Crippen LogP contribution in [0.25, 0.3) is 0 Å². The van der Waals surface area contributed by atoms with Gasteiger partial charge in [0.25, 0.3) is 0 Å². The van der Waals surface area contributed by atoms with Crippen molar-refractivity contribution in [2.45, 2.75) is 38.3 Å². The van der Waals surface area contributed by atoms with Gasteiger partial charge in [0.15, 0.2) is 6.39 Å². The average Bonchev–Trinajstić information content (AvgIpc) is 3.01. The number of oxazole rings is 1. The van der Waals surface area contributed by atoms with E-state index in [2.05, 4.69) is 15.2 Å². The first-order chi connectivity index (χ1) is 8.42. The van der Waals surface area contributed by atoms with E-state index in [1.807, 2.05) is 0 Å². The van der Waals surface area contributed by atoms with Crippen LogP contribution in [0.15, 0.2) is 17.1 Å². The predicted octanol–water partition coefficient (Wildman–Crippen LogP) is 1.64. The number of aromatic nitrogens is 1. The summed E-state index contributed by atoms with van der Waals surface area (Å²) in [7, 11) is 0. The van der Waals surface area contributed by atoms with E-state index >= 15 is 0 Å². The maximum atomic E-state index is 5.01. The van der Waals surface area contributed by atoms with E-state index in [4.69, 9.17) is 4.42 Å². The second-order valence-electron chi connectivity index (χ2n) is 5.30. The molecule has 1 aromatic heterocycles. The van der Waals surface area contributed by atoms with Gasteiger partial charge in [-0.2, -0.15) is 0 Å². The fourth-order valence-corrected chi connectivity index (χ4v) is 3.17. The van der Waals surface area contributed by atoms with Crippen LogP contribution in [0.5, 0.6) is 0 Å². The van der Waals surface area contributed by atoms with Gasteiger partial charge >= 0.3 is 0 Å². The van der Waals surface area contributed by atoms with Gasteiger partial charge < -0.3 is 9.73 Å². The molecule has 0 bridgehead atoms. The summed E-state index contributed by atoms with van der Waals surface area (Å²) in [4.78, 5) is 6.68. The van der Waals surface area contributed by atoms with Gasteiger partial charge in [0, 0.05) is 12.6 Å². The van der Waals surface area contributed by atoms with Crippen LogP contribution in [0.4, 0.5) is 0 Å².